The molecule has 1 aromatic rings. The number of hydrogen-bond donors (Lipinski definition) is 1. The van der Waals surface area contributed by atoms with Crippen LogP contribution in [0.1, 0.15) is 18.9 Å². The maximum atomic E-state index is 11.0. The van der Waals surface area contributed by atoms with Crippen molar-refractivity contribution in [2.24, 2.45) is 0 Å². The first-order valence-corrected chi connectivity index (χ1v) is 7.99. The number of non-ortho nitro benzene ring substituents is 1. The Morgan fingerprint density at radius 3 is 2.48 bits per heavy atom. The molecule has 0 aliphatic rings. The summed E-state index contributed by atoms with van der Waals surface area (Å²) in [6, 6.07) is 3.63. The van der Waals surface area contributed by atoms with Gasteiger partial charge in [0.05, 0.1) is 15.9 Å². The lowest BCUT2D eigenvalue weighted by Gasteiger charge is -2.13. The van der Waals surface area contributed by atoms with Crippen LogP contribution in [0, 0.1) is 20.2 Å². The van der Waals surface area contributed by atoms with Crippen molar-refractivity contribution in [3.05, 3.63) is 44.0 Å². The second kappa shape index (κ2) is 7.79. The van der Waals surface area contributed by atoms with Crippen LogP contribution in [0.3, 0.4) is 0 Å². The average Bonchev–Trinajstić information content (AvgIpc) is 2.42. The number of nitro benzene ring substituents is 2. The minimum Gasteiger partial charge on any atom is -0.310 e. The summed E-state index contributed by atoms with van der Waals surface area (Å²) in [4.78, 5) is 20.3. The van der Waals surface area contributed by atoms with Gasteiger partial charge >= 0.3 is 0 Å². The zero-order chi connectivity index (χ0) is 16.0. The normalized spacial score (nSPS) is 13.6. The van der Waals surface area contributed by atoms with Gasteiger partial charge in [0.2, 0.25) is 0 Å². The molecule has 0 fully saturated rings. The molecule has 1 N–H and O–H groups in total. The maximum absolute atomic E-state index is 11.0. The molecule has 2 unspecified atom stereocenters. The van der Waals surface area contributed by atoms with Gasteiger partial charge in [0.25, 0.3) is 11.4 Å². The second-order valence-corrected chi connectivity index (χ2v) is 6.23. The van der Waals surface area contributed by atoms with Crippen molar-refractivity contribution in [3.8, 4) is 0 Å². The van der Waals surface area contributed by atoms with Crippen LogP contribution < -0.4 is 5.32 Å². The standard InChI is InChI=1S/C12H17N3O5S/c1-9(5-6-21(2)20)13-8-10-3-4-11(14(16)17)7-12(10)15(18)19/h3-4,7,9,13H,5-6,8H2,1-2H3. The molecule has 8 nitrogen and oxygen atoms in total. The topological polar surface area (TPSA) is 115 Å². The molecule has 0 amide bonds. The van der Waals surface area contributed by atoms with Gasteiger partial charge in [-0.2, -0.15) is 0 Å². The molecule has 2 atom stereocenters. The van der Waals surface area contributed by atoms with Crippen molar-refractivity contribution < 1.29 is 14.1 Å². The van der Waals surface area contributed by atoms with Crippen molar-refractivity contribution in [1.82, 2.24) is 5.32 Å². The van der Waals surface area contributed by atoms with Crippen LogP contribution in [0.5, 0.6) is 0 Å². The molecule has 0 saturated carbocycles. The Labute approximate surface area is 124 Å². The van der Waals surface area contributed by atoms with E-state index in [1.54, 1.807) is 6.26 Å². The second-order valence-electron chi connectivity index (χ2n) is 4.68. The number of nitro groups is 2. The highest BCUT2D eigenvalue weighted by molar-refractivity contribution is 7.84. The van der Waals surface area contributed by atoms with E-state index in [2.05, 4.69) is 5.32 Å². The quantitative estimate of drug-likeness (QED) is 0.577. The molecule has 21 heavy (non-hydrogen) atoms. The van der Waals surface area contributed by atoms with Gasteiger partial charge in [-0.15, -0.1) is 0 Å². The summed E-state index contributed by atoms with van der Waals surface area (Å²) < 4.78 is 11.0. The van der Waals surface area contributed by atoms with Gasteiger partial charge in [-0.05, 0) is 19.4 Å². The summed E-state index contributed by atoms with van der Waals surface area (Å²) in [6.45, 7) is 2.12. The van der Waals surface area contributed by atoms with E-state index in [9.17, 15) is 24.4 Å². The van der Waals surface area contributed by atoms with Crippen LogP contribution in [-0.4, -0.2) is 32.1 Å². The van der Waals surface area contributed by atoms with E-state index in [0.717, 1.165) is 6.07 Å². The Morgan fingerprint density at radius 1 is 1.29 bits per heavy atom. The van der Waals surface area contributed by atoms with E-state index in [0.29, 0.717) is 17.7 Å². The van der Waals surface area contributed by atoms with Crippen LogP contribution >= 0.6 is 0 Å². The molecular formula is C12H17N3O5S. The van der Waals surface area contributed by atoms with Crippen molar-refractivity contribution in [1.29, 1.82) is 0 Å². The Balaban J connectivity index is 2.76. The Hall–Kier alpha value is -1.87. The fourth-order valence-electron chi connectivity index (χ4n) is 1.71. The van der Waals surface area contributed by atoms with Gasteiger partial charge in [0.1, 0.15) is 0 Å². The minimum absolute atomic E-state index is 0.0451. The highest BCUT2D eigenvalue weighted by Crippen LogP contribution is 2.24. The summed E-state index contributed by atoms with van der Waals surface area (Å²) in [5.41, 5.74) is -0.196. The lowest BCUT2D eigenvalue weighted by Crippen LogP contribution is -2.27. The Kier molecular flexibility index (Phi) is 6.38. The molecule has 116 valence electrons. The summed E-state index contributed by atoms with van der Waals surface area (Å²) in [5, 5.41) is 24.7. The molecule has 9 heteroatoms. The van der Waals surface area contributed by atoms with Gasteiger partial charge in [0.15, 0.2) is 0 Å². The lowest BCUT2D eigenvalue weighted by molar-refractivity contribution is -0.394. The first kappa shape index (κ1) is 17.2. The SMILES string of the molecule is CC(CCS(C)=O)NCc1ccc([N+](=O)[O-])cc1[N+](=O)[O-]. The molecule has 1 rings (SSSR count). The first-order chi connectivity index (χ1) is 9.81. The van der Waals surface area contributed by atoms with Crippen molar-refractivity contribution in [2.75, 3.05) is 12.0 Å². The van der Waals surface area contributed by atoms with E-state index < -0.39 is 20.6 Å². The van der Waals surface area contributed by atoms with Crippen LogP contribution in [-0.2, 0) is 17.3 Å². The zero-order valence-electron chi connectivity index (χ0n) is 11.8. The number of nitrogens with one attached hydrogen (secondary N) is 1. The Morgan fingerprint density at radius 2 is 1.95 bits per heavy atom. The van der Waals surface area contributed by atoms with Crippen molar-refractivity contribution in [3.63, 3.8) is 0 Å². The van der Waals surface area contributed by atoms with Gasteiger partial charge in [-0.1, -0.05) is 0 Å². The molecule has 0 heterocycles. The molecule has 0 bridgehead atoms. The molecular weight excluding hydrogens is 298 g/mol. The number of benzene rings is 1. The third kappa shape index (κ3) is 5.56. The largest absolute Gasteiger partial charge is 0.310 e. The third-order valence-electron chi connectivity index (χ3n) is 2.96. The molecule has 0 aliphatic carbocycles. The molecule has 0 aromatic heterocycles. The average molecular weight is 315 g/mol. The van der Waals surface area contributed by atoms with E-state index in [-0.39, 0.29) is 24.0 Å². The molecule has 0 saturated heterocycles. The predicted molar refractivity (Wildman–Crippen MR) is 79.6 cm³/mol. The van der Waals surface area contributed by atoms with Crippen LogP contribution in [0.2, 0.25) is 0 Å². The summed E-state index contributed by atoms with van der Waals surface area (Å²) >= 11 is 0. The fourth-order valence-corrected chi connectivity index (χ4v) is 2.40. The minimum atomic E-state index is -0.878. The van der Waals surface area contributed by atoms with Crippen LogP contribution in [0.15, 0.2) is 18.2 Å². The summed E-state index contributed by atoms with van der Waals surface area (Å²) in [7, 11) is -0.878. The van der Waals surface area contributed by atoms with Gasteiger partial charge in [-0.3, -0.25) is 24.4 Å². The van der Waals surface area contributed by atoms with Crippen LogP contribution in [0.25, 0.3) is 0 Å². The number of rotatable bonds is 8. The van der Waals surface area contributed by atoms with Crippen LogP contribution in [0.4, 0.5) is 11.4 Å². The number of hydrogen-bond acceptors (Lipinski definition) is 6. The fraction of sp³-hybridized carbons (Fsp3) is 0.500. The highest BCUT2D eigenvalue weighted by atomic mass is 32.2. The van der Waals surface area contributed by atoms with Gasteiger partial charge in [-0.25, -0.2) is 0 Å². The predicted octanol–water partition coefficient (Wildman–Crippen LogP) is 1.75. The van der Waals surface area contributed by atoms with Crippen molar-refractivity contribution >= 4 is 22.2 Å². The van der Waals surface area contributed by atoms with Gasteiger partial charge in [0, 0.05) is 47.0 Å². The van der Waals surface area contributed by atoms with E-state index in [1.807, 2.05) is 6.92 Å². The molecule has 0 aliphatic heterocycles. The lowest BCUT2D eigenvalue weighted by atomic mass is 10.1. The van der Waals surface area contributed by atoms with E-state index in [4.69, 9.17) is 0 Å². The highest BCUT2D eigenvalue weighted by Gasteiger charge is 2.19. The maximum Gasteiger partial charge on any atom is 0.280 e. The van der Waals surface area contributed by atoms with E-state index in [1.165, 1.54) is 12.1 Å². The Bertz CT molecular complexity index is 564. The summed E-state index contributed by atoms with van der Waals surface area (Å²) in [6.07, 6.45) is 2.30. The molecule has 0 spiro atoms. The monoisotopic (exact) mass is 315 g/mol. The summed E-state index contributed by atoms with van der Waals surface area (Å²) in [5.74, 6) is 0.552. The molecule has 0 radical (unpaired) electrons. The van der Waals surface area contributed by atoms with Gasteiger partial charge < -0.3 is 5.32 Å². The van der Waals surface area contributed by atoms with Crippen molar-refractivity contribution in [2.45, 2.75) is 25.9 Å². The number of nitrogens with zero attached hydrogens (tertiary/aromatic N) is 2. The smallest absolute Gasteiger partial charge is 0.280 e. The zero-order valence-corrected chi connectivity index (χ0v) is 12.6. The van der Waals surface area contributed by atoms with E-state index >= 15 is 0 Å². The third-order valence-corrected chi connectivity index (χ3v) is 3.77. The molecule has 1 aromatic carbocycles. The first-order valence-electron chi connectivity index (χ1n) is 6.26.